The molecule has 0 spiro atoms. The zero-order chi connectivity index (χ0) is 17.7. The summed E-state index contributed by atoms with van der Waals surface area (Å²) < 4.78 is 0. The molecule has 2 heterocycles. The van der Waals surface area contributed by atoms with Gasteiger partial charge in [-0.05, 0) is 18.9 Å². The number of amides is 1. The summed E-state index contributed by atoms with van der Waals surface area (Å²) in [5.74, 6) is -0.715. The van der Waals surface area contributed by atoms with Crippen LogP contribution in [-0.2, 0) is 4.79 Å². The Bertz CT molecular complexity index is 623. The van der Waals surface area contributed by atoms with E-state index in [1.54, 1.807) is 0 Å². The number of fused-ring (bicyclic) bond motifs is 2. The van der Waals surface area contributed by atoms with E-state index in [1.165, 1.54) is 17.0 Å². The Morgan fingerprint density at radius 2 is 1.92 bits per heavy atom. The van der Waals surface area contributed by atoms with Crippen LogP contribution in [0.3, 0.4) is 0 Å². The third-order valence-electron chi connectivity index (χ3n) is 5.90. The first kappa shape index (κ1) is 17.6. The van der Waals surface area contributed by atoms with E-state index in [-0.39, 0.29) is 5.91 Å². The lowest BCUT2D eigenvalue weighted by atomic mass is 9.93. The second kappa shape index (κ2) is 5.95. The van der Waals surface area contributed by atoms with Crippen molar-refractivity contribution in [3.8, 4) is 0 Å². The van der Waals surface area contributed by atoms with Crippen molar-refractivity contribution >= 4 is 19.2 Å². The van der Waals surface area contributed by atoms with E-state index < -0.39 is 38.0 Å². The maximum absolute atomic E-state index is 12.1. The van der Waals surface area contributed by atoms with Gasteiger partial charge in [0.2, 0.25) is 5.91 Å². The van der Waals surface area contributed by atoms with E-state index in [2.05, 4.69) is 25.2 Å². The minimum absolute atomic E-state index is 0.290. The number of hydrogen-bond donors (Lipinski definition) is 3. The number of carbonyl (C=O) groups is 1. The molecular weight excluding hydrogens is 322 g/mol. The summed E-state index contributed by atoms with van der Waals surface area (Å²) in [6.07, 6.45) is -0.959. The molecule has 0 saturated carbocycles. The molecule has 1 aromatic carbocycles. The van der Waals surface area contributed by atoms with Crippen LogP contribution in [0.2, 0.25) is 19.1 Å². The highest BCUT2D eigenvalue weighted by molar-refractivity contribution is 6.89. The van der Waals surface area contributed by atoms with E-state index in [4.69, 9.17) is 0 Å². The van der Waals surface area contributed by atoms with E-state index >= 15 is 0 Å². The van der Waals surface area contributed by atoms with Crippen LogP contribution in [0.5, 0.6) is 0 Å². The Morgan fingerprint density at radius 3 is 2.46 bits per heavy atom. The van der Waals surface area contributed by atoms with E-state index in [9.17, 15) is 20.1 Å². The first-order valence-electron chi connectivity index (χ1n) is 8.62. The van der Waals surface area contributed by atoms with Crippen molar-refractivity contribution in [1.29, 1.82) is 0 Å². The zero-order valence-corrected chi connectivity index (χ0v) is 15.5. The summed E-state index contributed by atoms with van der Waals surface area (Å²) >= 11 is 0. The molecular formula is C18H27NO4Si. The van der Waals surface area contributed by atoms with Crippen molar-refractivity contribution in [3.05, 3.63) is 30.3 Å². The molecule has 0 aliphatic carbocycles. The molecule has 2 bridgehead atoms. The highest BCUT2D eigenvalue weighted by Gasteiger charge is 2.63. The molecule has 24 heavy (non-hydrogen) atoms. The molecule has 2 saturated heterocycles. The molecule has 0 aromatic heterocycles. The zero-order valence-electron chi connectivity index (χ0n) is 14.5. The Kier molecular flexibility index (Phi) is 4.36. The second-order valence-electron chi connectivity index (χ2n) is 7.92. The molecule has 3 N–H and O–H groups in total. The van der Waals surface area contributed by atoms with E-state index in [0.29, 0.717) is 18.9 Å². The molecule has 6 heteroatoms. The largest absolute Gasteiger partial charge is 0.391 e. The molecule has 1 amide bonds. The Balaban J connectivity index is 1.95. The van der Waals surface area contributed by atoms with E-state index in [1.807, 2.05) is 18.2 Å². The number of carbonyl (C=O) groups excluding carboxylic acids is 1. The van der Waals surface area contributed by atoms with Crippen LogP contribution in [0.4, 0.5) is 0 Å². The molecule has 132 valence electrons. The van der Waals surface area contributed by atoms with Gasteiger partial charge < -0.3 is 20.2 Å². The van der Waals surface area contributed by atoms with Crippen molar-refractivity contribution in [2.24, 2.45) is 5.92 Å². The fourth-order valence-corrected chi connectivity index (χ4v) is 7.66. The van der Waals surface area contributed by atoms with Gasteiger partial charge in [0.25, 0.3) is 0 Å². The SMILES string of the molecule is CC(=O)N1[C@H]2[C@@H](O)[C@H](C[Si](C)(C)c3ccccc3)[C@@]1(O)CC[C@@H]2O. The van der Waals surface area contributed by atoms with Crippen molar-refractivity contribution in [3.63, 3.8) is 0 Å². The van der Waals surface area contributed by atoms with Gasteiger partial charge in [0.05, 0.1) is 26.3 Å². The van der Waals surface area contributed by atoms with Gasteiger partial charge >= 0.3 is 0 Å². The quantitative estimate of drug-likeness (QED) is 0.700. The molecule has 3 rings (SSSR count). The van der Waals surface area contributed by atoms with Gasteiger partial charge in [-0.25, -0.2) is 0 Å². The smallest absolute Gasteiger partial charge is 0.222 e. The second-order valence-corrected chi connectivity index (χ2v) is 12.7. The summed E-state index contributed by atoms with van der Waals surface area (Å²) in [5.41, 5.74) is -1.35. The lowest BCUT2D eigenvalue weighted by molar-refractivity contribution is -0.180. The standard InChI is InChI=1S/C18H27NO4Si/c1-12(20)19-16-15(21)9-10-18(19,23)14(17(16)22)11-24(2,3)13-7-5-4-6-8-13/h4-8,14-17,21-23H,9-11H2,1-3H3/t14-,15-,16+,17-,18-/m0/s1. The lowest BCUT2D eigenvalue weighted by Crippen LogP contribution is -2.59. The Labute approximate surface area is 143 Å². The van der Waals surface area contributed by atoms with Crippen LogP contribution in [0.1, 0.15) is 19.8 Å². The van der Waals surface area contributed by atoms with Crippen molar-refractivity contribution in [1.82, 2.24) is 4.90 Å². The summed E-state index contributed by atoms with van der Waals surface area (Å²) in [6.45, 7) is 5.83. The van der Waals surface area contributed by atoms with Crippen molar-refractivity contribution in [2.75, 3.05) is 0 Å². The fraction of sp³-hybridized carbons (Fsp3) is 0.611. The molecule has 2 aliphatic rings. The predicted octanol–water partition coefficient (Wildman–Crippen LogP) is 0.653. The van der Waals surface area contributed by atoms with Crippen molar-refractivity contribution < 1.29 is 20.1 Å². The monoisotopic (exact) mass is 349 g/mol. The van der Waals surface area contributed by atoms with Crippen LogP contribution in [0.25, 0.3) is 0 Å². The number of piperidine rings is 1. The topological polar surface area (TPSA) is 81.0 Å². The number of rotatable bonds is 3. The average Bonchev–Trinajstić information content (AvgIpc) is 2.70. The molecule has 5 atom stereocenters. The minimum Gasteiger partial charge on any atom is -0.391 e. The van der Waals surface area contributed by atoms with Crippen LogP contribution >= 0.6 is 0 Å². The predicted molar refractivity (Wildman–Crippen MR) is 94.4 cm³/mol. The summed E-state index contributed by atoms with van der Waals surface area (Å²) in [6, 6.07) is 10.2. The lowest BCUT2D eigenvalue weighted by Gasteiger charge is -2.44. The average molecular weight is 350 g/mol. The van der Waals surface area contributed by atoms with Gasteiger partial charge in [-0.3, -0.25) is 4.79 Å². The summed E-state index contributed by atoms with van der Waals surface area (Å²) in [5, 5.41) is 33.6. The number of benzene rings is 1. The first-order chi connectivity index (χ1) is 11.2. The van der Waals surface area contributed by atoms with Crippen LogP contribution < -0.4 is 5.19 Å². The molecule has 2 fully saturated rings. The molecule has 0 unspecified atom stereocenters. The van der Waals surface area contributed by atoms with Crippen LogP contribution in [0, 0.1) is 5.92 Å². The van der Waals surface area contributed by atoms with Gasteiger partial charge in [0.15, 0.2) is 0 Å². The molecule has 2 aliphatic heterocycles. The Hall–Kier alpha value is -1.21. The van der Waals surface area contributed by atoms with Crippen molar-refractivity contribution in [2.45, 2.75) is 62.9 Å². The number of hydrogen-bond acceptors (Lipinski definition) is 4. The molecule has 0 radical (unpaired) electrons. The summed E-state index contributed by atoms with van der Waals surface area (Å²) in [4.78, 5) is 13.4. The third-order valence-corrected chi connectivity index (χ3v) is 9.26. The fourth-order valence-electron chi connectivity index (χ4n) is 4.66. The summed E-state index contributed by atoms with van der Waals surface area (Å²) in [7, 11) is -1.92. The Morgan fingerprint density at radius 1 is 1.29 bits per heavy atom. The highest BCUT2D eigenvalue weighted by Crippen LogP contribution is 2.49. The van der Waals surface area contributed by atoms with Gasteiger partial charge in [-0.15, -0.1) is 0 Å². The van der Waals surface area contributed by atoms with Crippen LogP contribution in [-0.4, -0.2) is 58.2 Å². The third kappa shape index (κ3) is 2.62. The molecule has 1 aromatic rings. The first-order valence-corrected chi connectivity index (χ1v) is 11.8. The normalized spacial score (nSPS) is 36.0. The van der Waals surface area contributed by atoms with Gasteiger partial charge in [-0.2, -0.15) is 0 Å². The van der Waals surface area contributed by atoms with Gasteiger partial charge in [-0.1, -0.05) is 48.6 Å². The van der Waals surface area contributed by atoms with Gasteiger partial charge in [0, 0.05) is 12.8 Å². The highest BCUT2D eigenvalue weighted by atomic mass is 28.3. The van der Waals surface area contributed by atoms with Crippen LogP contribution in [0.15, 0.2) is 30.3 Å². The molecule has 5 nitrogen and oxygen atoms in total. The maximum atomic E-state index is 12.1. The van der Waals surface area contributed by atoms with Gasteiger partial charge in [0.1, 0.15) is 5.72 Å². The minimum atomic E-state index is -1.92. The van der Waals surface area contributed by atoms with E-state index in [0.717, 1.165) is 0 Å². The number of aliphatic hydroxyl groups is 3. The number of aliphatic hydroxyl groups excluding tert-OH is 2. The number of nitrogens with zero attached hydrogens (tertiary/aromatic N) is 1. The maximum Gasteiger partial charge on any atom is 0.222 e.